The second kappa shape index (κ2) is 9.24. The Balaban J connectivity index is 1.44. The average molecular weight is 435 g/mol. The molecule has 1 heterocycles. The van der Waals surface area contributed by atoms with Gasteiger partial charge in [0.2, 0.25) is 0 Å². The second-order valence-electron chi connectivity index (χ2n) is 9.97. The highest BCUT2D eigenvalue weighted by Gasteiger charge is 2.50. The van der Waals surface area contributed by atoms with Gasteiger partial charge in [-0.3, -0.25) is 0 Å². The summed E-state index contributed by atoms with van der Waals surface area (Å²) >= 11 is 0. The molecule has 2 amide bonds. The van der Waals surface area contributed by atoms with E-state index in [2.05, 4.69) is 12.1 Å². The molecule has 3 aliphatic rings. The van der Waals surface area contributed by atoms with E-state index in [1.54, 1.807) is 4.90 Å². The van der Waals surface area contributed by atoms with Crippen molar-refractivity contribution in [2.24, 2.45) is 11.8 Å². The molecule has 0 aromatic heterocycles. The van der Waals surface area contributed by atoms with Crippen LogP contribution in [0.4, 0.5) is 4.79 Å². The molecule has 1 saturated heterocycles. The van der Waals surface area contributed by atoms with Gasteiger partial charge in [-0.1, -0.05) is 60.7 Å². The lowest BCUT2D eigenvalue weighted by Gasteiger charge is -2.51. The Hall–Kier alpha value is -2.37. The summed E-state index contributed by atoms with van der Waals surface area (Å²) in [5.41, 5.74) is 2.13. The van der Waals surface area contributed by atoms with Crippen LogP contribution in [0.2, 0.25) is 0 Å². The maximum atomic E-state index is 13.8. The highest BCUT2D eigenvalue weighted by atomic mass is 16.3. The molecular weight excluding hydrogens is 400 g/mol. The van der Waals surface area contributed by atoms with E-state index in [0.717, 1.165) is 36.8 Å². The zero-order valence-electron chi connectivity index (χ0n) is 18.6. The molecule has 2 saturated carbocycles. The first kappa shape index (κ1) is 21.5. The van der Waals surface area contributed by atoms with Crippen molar-refractivity contribution in [3.63, 3.8) is 0 Å². The lowest BCUT2D eigenvalue weighted by Crippen LogP contribution is -2.70. The van der Waals surface area contributed by atoms with Gasteiger partial charge >= 0.3 is 6.03 Å². The summed E-state index contributed by atoms with van der Waals surface area (Å²) in [7, 11) is 0. The lowest BCUT2D eigenvalue weighted by molar-refractivity contribution is -0.0808. The van der Waals surface area contributed by atoms with Crippen LogP contribution in [0, 0.1) is 11.8 Å². The van der Waals surface area contributed by atoms with Gasteiger partial charge in [-0.15, -0.1) is 0 Å². The number of aliphatic hydroxyl groups excluding tert-OH is 2. The Labute approximate surface area is 190 Å². The fraction of sp³-hybridized carbons (Fsp3) is 0.519. The van der Waals surface area contributed by atoms with Gasteiger partial charge in [0.15, 0.2) is 0 Å². The quantitative estimate of drug-likeness (QED) is 0.635. The Bertz CT molecular complexity index is 898. The minimum absolute atomic E-state index is 0.00728. The molecule has 0 radical (unpaired) electrons. The van der Waals surface area contributed by atoms with E-state index in [1.165, 1.54) is 0 Å². The molecule has 2 aliphatic carbocycles. The van der Waals surface area contributed by atoms with Crippen molar-refractivity contribution in [3.8, 4) is 0 Å². The number of urea groups is 1. The van der Waals surface area contributed by atoms with Crippen molar-refractivity contribution in [1.82, 2.24) is 9.80 Å². The summed E-state index contributed by atoms with van der Waals surface area (Å²) in [6.45, 7) is 1.34. The Morgan fingerprint density at radius 3 is 1.91 bits per heavy atom. The minimum Gasteiger partial charge on any atom is -0.391 e. The van der Waals surface area contributed by atoms with E-state index in [1.807, 2.05) is 53.4 Å². The Morgan fingerprint density at radius 2 is 1.34 bits per heavy atom. The SMILES string of the molecule is O=C1N(CC2CC2)[C@H]([C@@H](O)Cc2ccccc2)[C@@H](O)[C@@H](Cc2ccccc2)N1CC1CC1. The molecule has 0 bridgehead atoms. The summed E-state index contributed by atoms with van der Waals surface area (Å²) in [5, 5.41) is 23.0. The number of carbonyl (C=O) groups is 1. The lowest BCUT2D eigenvalue weighted by atomic mass is 9.86. The summed E-state index contributed by atoms with van der Waals surface area (Å²) in [5.74, 6) is 1.03. The first-order valence-electron chi connectivity index (χ1n) is 12.1. The van der Waals surface area contributed by atoms with Crippen LogP contribution in [0.3, 0.4) is 0 Å². The van der Waals surface area contributed by atoms with Crippen molar-refractivity contribution in [3.05, 3.63) is 71.8 Å². The van der Waals surface area contributed by atoms with Gasteiger partial charge in [0.1, 0.15) is 0 Å². The zero-order chi connectivity index (χ0) is 22.1. The van der Waals surface area contributed by atoms with Gasteiger partial charge in [-0.2, -0.15) is 0 Å². The normalized spacial score (nSPS) is 26.9. The van der Waals surface area contributed by atoms with Crippen LogP contribution >= 0.6 is 0 Å². The summed E-state index contributed by atoms with van der Waals surface area (Å²) in [6, 6.07) is 19.0. The molecule has 2 aromatic carbocycles. The van der Waals surface area contributed by atoms with Gasteiger partial charge in [0.25, 0.3) is 0 Å². The fourth-order valence-corrected chi connectivity index (χ4v) is 5.10. The molecule has 0 unspecified atom stereocenters. The number of hydrogen-bond acceptors (Lipinski definition) is 3. The van der Waals surface area contributed by atoms with E-state index >= 15 is 0 Å². The van der Waals surface area contributed by atoms with Crippen LogP contribution in [0.25, 0.3) is 0 Å². The molecule has 2 N–H and O–H groups in total. The number of hydrogen-bond donors (Lipinski definition) is 2. The summed E-state index contributed by atoms with van der Waals surface area (Å²) in [6.07, 6.45) is 3.97. The van der Waals surface area contributed by atoms with Crippen LogP contribution in [-0.4, -0.2) is 63.4 Å². The molecule has 5 heteroatoms. The fourth-order valence-electron chi connectivity index (χ4n) is 5.10. The number of nitrogens with zero attached hydrogens (tertiary/aromatic N) is 2. The van der Waals surface area contributed by atoms with E-state index in [0.29, 0.717) is 37.8 Å². The van der Waals surface area contributed by atoms with Gasteiger partial charge < -0.3 is 20.0 Å². The van der Waals surface area contributed by atoms with E-state index in [9.17, 15) is 15.0 Å². The van der Waals surface area contributed by atoms with Crippen LogP contribution in [0.1, 0.15) is 36.8 Å². The standard InChI is InChI=1S/C27H34N2O3/c30-24(16-20-9-5-2-6-10-20)25-26(31)23(15-19-7-3-1-4-8-19)28(17-21-11-12-21)27(32)29(25)18-22-13-14-22/h1-10,21-26,30-31H,11-18H2/t23-,24+,25-,26+/m1/s1. The third-order valence-electron chi connectivity index (χ3n) is 7.27. The monoisotopic (exact) mass is 434 g/mol. The van der Waals surface area contributed by atoms with Crippen LogP contribution in [0.5, 0.6) is 0 Å². The van der Waals surface area contributed by atoms with E-state index < -0.39 is 18.2 Å². The highest BCUT2D eigenvalue weighted by Crippen LogP contribution is 2.37. The van der Waals surface area contributed by atoms with E-state index in [-0.39, 0.29) is 12.1 Å². The molecule has 2 aromatic rings. The molecule has 5 nitrogen and oxygen atoms in total. The maximum absolute atomic E-state index is 13.8. The molecule has 4 atom stereocenters. The largest absolute Gasteiger partial charge is 0.391 e. The van der Waals surface area contributed by atoms with Gasteiger partial charge in [0, 0.05) is 19.5 Å². The van der Waals surface area contributed by atoms with Crippen molar-refractivity contribution in [2.75, 3.05) is 13.1 Å². The third kappa shape index (κ3) is 4.84. The minimum atomic E-state index is -0.809. The van der Waals surface area contributed by atoms with E-state index in [4.69, 9.17) is 0 Å². The smallest absolute Gasteiger partial charge is 0.320 e. The first-order chi connectivity index (χ1) is 15.6. The number of benzene rings is 2. The predicted molar refractivity (Wildman–Crippen MR) is 124 cm³/mol. The molecule has 5 rings (SSSR count). The molecule has 32 heavy (non-hydrogen) atoms. The summed E-state index contributed by atoms with van der Waals surface area (Å²) < 4.78 is 0. The molecular formula is C27H34N2O3. The number of amides is 2. The zero-order valence-corrected chi connectivity index (χ0v) is 18.6. The number of carbonyl (C=O) groups excluding carboxylic acids is 1. The van der Waals surface area contributed by atoms with Gasteiger partial charge in [-0.05, 0) is 55.1 Å². The van der Waals surface area contributed by atoms with Crippen molar-refractivity contribution < 1.29 is 15.0 Å². The predicted octanol–water partition coefficient (Wildman–Crippen LogP) is 3.49. The topological polar surface area (TPSA) is 64.0 Å². The highest BCUT2D eigenvalue weighted by molar-refractivity contribution is 5.77. The Kier molecular flexibility index (Phi) is 6.20. The van der Waals surface area contributed by atoms with Crippen LogP contribution in [-0.2, 0) is 12.8 Å². The Morgan fingerprint density at radius 1 is 0.812 bits per heavy atom. The maximum Gasteiger partial charge on any atom is 0.320 e. The number of aliphatic hydroxyl groups is 2. The molecule has 1 aliphatic heterocycles. The van der Waals surface area contributed by atoms with Crippen LogP contribution < -0.4 is 0 Å². The van der Waals surface area contributed by atoms with Crippen molar-refractivity contribution >= 4 is 6.03 Å². The van der Waals surface area contributed by atoms with Crippen LogP contribution in [0.15, 0.2) is 60.7 Å². The van der Waals surface area contributed by atoms with Gasteiger partial charge in [0.05, 0.1) is 24.3 Å². The molecule has 0 spiro atoms. The number of rotatable bonds is 9. The summed E-state index contributed by atoms with van der Waals surface area (Å²) in [4.78, 5) is 17.5. The van der Waals surface area contributed by atoms with Crippen molar-refractivity contribution in [2.45, 2.75) is 62.8 Å². The second-order valence-corrected chi connectivity index (χ2v) is 9.97. The molecule has 170 valence electrons. The van der Waals surface area contributed by atoms with Crippen molar-refractivity contribution in [1.29, 1.82) is 0 Å². The van der Waals surface area contributed by atoms with Gasteiger partial charge in [-0.25, -0.2) is 4.79 Å². The average Bonchev–Trinajstić information content (AvgIpc) is 3.72. The first-order valence-corrected chi connectivity index (χ1v) is 12.1. The molecule has 3 fully saturated rings. The third-order valence-corrected chi connectivity index (χ3v) is 7.27.